The SMILES string of the molecule is C=C(N)c1cc(-c2cccc3cc(-c4nc5cc(C(=O)N6C[C@H]7CC[C@@H]6[C@H]7N)cc(OC)c5n4C)n(CC4CC4)c23)ccc1O. The second kappa shape index (κ2) is 10.1. The number of hydrogen-bond donors (Lipinski definition) is 3. The van der Waals surface area contributed by atoms with Crippen LogP contribution in [-0.4, -0.2) is 55.8 Å². The van der Waals surface area contributed by atoms with E-state index in [0.717, 1.165) is 64.0 Å². The largest absolute Gasteiger partial charge is 0.507 e. The number of methoxy groups -OCH3 is 1. The lowest BCUT2D eigenvalue weighted by Gasteiger charge is -2.27. The van der Waals surface area contributed by atoms with E-state index in [9.17, 15) is 9.90 Å². The van der Waals surface area contributed by atoms with Crippen LogP contribution < -0.4 is 16.2 Å². The van der Waals surface area contributed by atoms with Gasteiger partial charge in [-0.05, 0) is 73.4 Å². The lowest BCUT2D eigenvalue weighted by Crippen LogP contribution is -2.41. The molecule has 0 radical (unpaired) electrons. The van der Waals surface area contributed by atoms with Gasteiger partial charge in [-0.1, -0.05) is 30.8 Å². The standard InChI is InChI=1S/C36H38N6O3/c1-19(37)26-13-21(10-12-30(26)43)25-6-4-5-22-15-29(41(33(22)25)17-20-7-8-20)35-39-27-14-24(16-31(45-3)34(27)40(35)2)36(44)42-18-23-9-11-28(42)32(23)38/h4-6,10,12-16,20,23,28,32,43H,1,7-9,11,17-18,37-38H2,2-3H3/t23-,28-,32+/m1/s1. The molecule has 3 fully saturated rings. The molecular weight excluding hydrogens is 564 g/mol. The Hall–Kier alpha value is -4.76. The second-order valence-electron chi connectivity index (χ2n) is 13.1. The number of phenols is 1. The quantitative estimate of drug-likeness (QED) is 0.227. The second-order valence-corrected chi connectivity index (χ2v) is 13.1. The van der Waals surface area contributed by atoms with Gasteiger partial charge in [0.2, 0.25) is 0 Å². The highest BCUT2D eigenvalue weighted by Gasteiger charge is 2.47. The van der Waals surface area contributed by atoms with Crippen molar-refractivity contribution in [2.24, 2.45) is 30.4 Å². The molecule has 2 aliphatic carbocycles. The number of amides is 1. The van der Waals surface area contributed by atoms with Crippen LogP contribution in [0, 0.1) is 11.8 Å². The number of carbonyl (C=O) groups excluding carboxylic acids is 1. The third-order valence-corrected chi connectivity index (χ3v) is 10.3. The molecule has 2 saturated carbocycles. The maximum Gasteiger partial charge on any atom is 0.254 e. The van der Waals surface area contributed by atoms with Crippen LogP contribution in [0.2, 0.25) is 0 Å². The van der Waals surface area contributed by atoms with E-state index in [1.165, 1.54) is 12.8 Å². The van der Waals surface area contributed by atoms with Crippen LogP contribution in [0.15, 0.2) is 61.2 Å². The molecule has 1 aliphatic heterocycles. The molecule has 2 bridgehead atoms. The van der Waals surface area contributed by atoms with Crippen molar-refractivity contribution in [2.75, 3.05) is 13.7 Å². The molecule has 3 aliphatic rings. The van der Waals surface area contributed by atoms with E-state index < -0.39 is 0 Å². The Morgan fingerprint density at radius 2 is 1.91 bits per heavy atom. The Morgan fingerprint density at radius 1 is 1.09 bits per heavy atom. The Labute approximate surface area is 261 Å². The monoisotopic (exact) mass is 602 g/mol. The van der Waals surface area contributed by atoms with Crippen molar-refractivity contribution < 1.29 is 14.6 Å². The number of para-hydroxylation sites is 1. The molecule has 0 spiro atoms. The predicted molar refractivity (Wildman–Crippen MR) is 177 cm³/mol. The Morgan fingerprint density at radius 3 is 2.60 bits per heavy atom. The Bertz CT molecular complexity index is 2040. The minimum Gasteiger partial charge on any atom is -0.507 e. The van der Waals surface area contributed by atoms with Gasteiger partial charge in [0.1, 0.15) is 17.0 Å². The number of nitrogens with zero attached hydrogens (tertiary/aromatic N) is 4. The molecule has 9 heteroatoms. The van der Waals surface area contributed by atoms with Gasteiger partial charge in [-0.3, -0.25) is 4.79 Å². The number of carbonyl (C=O) groups is 1. The van der Waals surface area contributed by atoms with Gasteiger partial charge < -0.3 is 35.3 Å². The van der Waals surface area contributed by atoms with Gasteiger partial charge in [-0.25, -0.2) is 4.98 Å². The van der Waals surface area contributed by atoms with Crippen LogP contribution >= 0.6 is 0 Å². The normalized spacial score (nSPS) is 20.9. The summed E-state index contributed by atoms with van der Waals surface area (Å²) in [6.45, 7) is 5.43. The number of piperidine rings is 1. The highest BCUT2D eigenvalue weighted by atomic mass is 16.5. The van der Waals surface area contributed by atoms with Gasteiger partial charge in [0.05, 0.1) is 23.8 Å². The summed E-state index contributed by atoms with van der Waals surface area (Å²) >= 11 is 0. The zero-order valence-electron chi connectivity index (χ0n) is 25.7. The lowest BCUT2D eigenvalue weighted by molar-refractivity contribution is 0.0700. The molecule has 2 aromatic heterocycles. The van der Waals surface area contributed by atoms with Gasteiger partial charge in [0, 0.05) is 60.0 Å². The molecule has 1 saturated heterocycles. The number of rotatable bonds is 7. The molecule has 1 amide bonds. The maximum absolute atomic E-state index is 13.8. The first kappa shape index (κ1) is 27.8. The first-order valence-corrected chi connectivity index (χ1v) is 15.7. The summed E-state index contributed by atoms with van der Waals surface area (Å²) < 4.78 is 10.3. The zero-order chi connectivity index (χ0) is 31.1. The number of aromatic hydroxyl groups is 1. The smallest absolute Gasteiger partial charge is 0.254 e. The maximum atomic E-state index is 13.8. The van der Waals surface area contributed by atoms with Crippen LogP contribution in [0.5, 0.6) is 11.5 Å². The number of likely N-dealkylation sites (tertiary alicyclic amines) is 1. The van der Waals surface area contributed by atoms with E-state index in [1.54, 1.807) is 13.2 Å². The molecule has 5 aromatic rings. The van der Waals surface area contributed by atoms with Crippen molar-refractivity contribution in [3.63, 3.8) is 0 Å². The molecule has 8 rings (SSSR count). The van der Waals surface area contributed by atoms with Gasteiger partial charge in [0.25, 0.3) is 5.91 Å². The number of benzene rings is 3. The summed E-state index contributed by atoms with van der Waals surface area (Å²) in [5, 5.41) is 11.5. The molecule has 9 nitrogen and oxygen atoms in total. The van der Waals surface area contributed by atoms with Crippen LogP contribution in [0.25, 0.3) is 50.3 Å². The molecule has 230 valence electrons. The van der Waals surface area contributed by atoms with Crippen molar-refractivity contribution in [2.45, 2.75) is 44.3 Å². The van der Waals surface area contributed by atoms with Crippen LogP contribution in [0.3, 0.4) is 0 Å². The van der Waals surface area contributed by atoms with Crippen LogP contribution in [0.4, 0.5) is 0 Å². The predicted octanol–water partition coefficient (Wildman–Crippen LogP) is 5.48. The molecular formula is C36H38N6O3. The third kappa shape index (κ3) is 4.32. The molecule has 5 N–H and O–H groups in total. The fraction of sp³-hybridized carbons (Fsp3) is 0.333. The molecule has 45 heavy (non-hydrogen) atoms. The van der Waals surface area contributed by atoms with E-state index in [4.69, 9.17) is 21.2 Å². The number of imidazole rings is 1. The molecule has 3 atom stereocenters. The minimum absolute atomic E-state index is 0.00836. The number of fused-ring (bicyclic) bond motifs is 4. The van der Waals surface area contributed by atoms with E-state index in [-0.39, 0.29) is 23.7 Å². The van der Waals surface area contributed by atoms with Crippen LogP contribution in [-0.2, 0) is 13.6 Å². The van der Waals surface area contributed by atoms with Crippen molar-refractivity contribution in [3.8, 4) is 34.1 Å². The summed E-state index contributed by atoms with van der Waals surface area (Å²) in [4.78, 5) is 20.9. The van der Waals surface area contributed by atoms with Crippen LogP contribution in [0.1, 0.15) is 41.6 Å². The first-order valence-electron chi connectivity index (χ1n) is 15.7. The zero-order valence-corrected chi connectivity index (χ0v) is 25.7. The van der Waals surface area contributed by atoms with Crippen molar-refractivity contribution >= 4 is 33.5 Å². The molecule has 3 heterocycles. The van der Waals surface area contributed by atoms with Crippen molar-refractivity contribution in [1.82, 2.24) is 19.0 Å². The van der Waals surface area contributed by atoms with Crippen molar-refractivity contribution in [3.05, 3.63) is 72.3 Å². The average Bonchev–Trinajstić information content (AvgIpc) is 3.42. The highest BCUT2D eigenvalue weighted by molar-refractivity contribution is 6.02. The summed E-state index contributed by atoms with van der Waals surface area (Å²) in [5.41, 5.74) is 19.5. The average molecular weight is 603 g/mol. The first-order chi connectivity index (χ1) is 21.7. The molecule has 3 aromatic carbocycles. The number of aryl methyl sites for hydroxylation is 1. The fourth-order valence-corrected chi connectivity index (χ4v) is 7.72. The van der Waals surface area contributed by atoms with Gasteiger partial charge in [-0.15, -0.1) is 0 Å². The Balaban J connectivity index is 1.28. The van der Waals surface area contributed by atoms with Gasteiger partial charge in [-0.2, -0.15) is 0 Å². The summed E-state index contributed by atoms with van der Waals surface area (Å²) in [6, 6.07) is 17.9. The number of phenolic OH excluding ortho intramolecular Hbond substituents is 1. The fourth-order valence-electron chi connectivity index (χ4n) is 7.72. The van der Waals surface area contributed by atoms with E-state index in [0.29, 0.717) is 41.0 Å². The summed E-state index contributed by atoms with van der Waals surface area (Å²) in [7, 11) is 3.65. The number of aromatic nitrogens is 3. The number of ether oxygens (including phenoxy) is 1. The minimum atomic E-state index is -0.00836. The lowest BCUT2D eigenvalue weighted by atomic mass is 9.99. The summed E-state index contributed by atoms with van der Waals surface area (Å²) in [5.74, 6) is 2.51. The Kier molecular flexibility index (Phi) is 6.25. The molecule has 0 unspecified atom stereocenters. The van der Waals surface area contributed by atoms with E-state index in [2.05, 4.69) is 40.0 Å². The van der Waals surface area contributed by atoms with Crippen molar-refractivity contribution in [1.29, 1.82) is 0 Å². The third-order valence-electron chi connectivity index (χ3n) is 10.3. The highest BCUT2D eigenvalue weighted by Crippen LogP contribution is 2.42. The topological polar surface area (TPSA) is 125 Å². The van der Waals surface area contributed by atoms with Gasteiger partial charge in [0.15, 0.2) is 5.82 Å². The van der Waals surface area contributed by atoms with E-state index in [1.807, 2.05) is 36.2 Å². The number of hydrogen-bond acceptors (Lipinski definition) is 6. The van der Waals surface area contributed by atoms with Gasteiger partial charge >= 0.3 is 0 Å². The summed E-state index contributed by atoms with van der Waals surface area (Å²) in [6.07, 6.45) is 4.45. The number of nitrogens with two attached hydrogens (primary N) is 2. The van der Waals surface area contributed by atoms with E-state index >= 15 is 0 Å².